The van der Waals surface area contributed by atoms with Gasteiger partial charge >= 0.3 is 0 Å². The summed E-state index contributed by atoms with van der Waals surface area (Å²) >= 11 is 3.97. The van der Waals surface area contributed by atoms with Gasteiger partial charge < -0.3 is 52.1 Å². The minimum Gasteiger partial charge on any atom is -0.374 e. The van der Waals surface area contributed by atoms with E-state index in [9.17, 15) is 0 Å². The number of alkyl halides is 1. The molecule has 0 radical (unpaired) electrons. The predicted molar refractivity (Wildman–Crippen MR) is 311 cm³/mol. The quantitative estimate of drug-likeness (QED) is 0.0253. The molecule has 0 amide bonds. The van der Waals surface area contributed by atoms with Crippen molar-refractivity contribution < 1.29 is 52.1 Å². The Morgan fingerprint density at radius 2 is 0.910 bits per heavy atom. The third-order valence-corrected chi connectivity index (χ3v) is 15.3. The van der Waals surface area contributed by atoms with Gasteiger partial charge in [0.15, 0.2) is 12.6 Å². The summed E-state index contributed by atoms with van der Waals surface area (Å²) < 4.78 is 75.6. The molecule has 12 atom stereocenters. The molecule has 410 valence electrons. The third kappa shape index (κ3) is 17.1. The summed E-state index contributed by atoms with van der Waals surface area (Å²) in [6.07, 6.45) is -6.77. The molecular formula is C65H71IO11S. The Labute approximate surface area is 478 Å². The lowest BCUT2D eigenvalue weighted by Crippen LogP contribution is -2.62. The summed E-state index contributed by atoms with van der Waals surface area (Å²) in [5.41, 5.74) is 6.73. The molecule has 0 saturated carbocycles. The monoisotopic (exact) mass is 1190 g/mol. The average molecular weight is 1190 g/mol. The molecule has 2 fully saturated rings. The average Bonchev–Trinajstić information content (AvgIpc) is 3.92. The fourth-order valence-corrected chi connectivity index (χ4v) is 10.9. The van der Waals surface area contributed by atoms with Gasteiger partial charge in [-0.2, -0.15) is 0 Å². The molecule has 2 aliphatic heterocycles. The number of hydrogen-bond donors (Lipinski definition) is 0. The summed E-state index contributed by atoms with van der Waals surface area (Å²) in [4.78, 5) is 1.02. The molecule has 2 aliphatic rings. The minimum atomic E-state index is -0.831. The molecule has 0 bridgehead atoms. The molecule has 0 aliphatic carbocycles. The maximum absolute atomic E-state index is 7.37. The first-order chi connectivity index (χ1) is 38.4. The number of halogens is 1. The van der Waals surface area contributed by atoms with Crippen LogP contribution in [0.25, 0.3) is 0 Å². The molecule has 9 rings (SSSR count). The topological polar surface area (TPSA) is 102 Å². The van der Waals surface area contributed by atoms with Gasteiger partial charge in [-0.25, -0.2) is 0 Å². The van der Waals surface area contributed by atoms with Crippen molar-refractivity contribution in [2.24, 2.45) is 0 Å². The molecule has 2 heterocycles. The van der Waals surface area contributed by atoms with Gasteiger partial charge in [-0.15, -0.1) is 0 Å². The number of ether oxygens (including phenoxy) is 11. The Hall–Kier alpha value is -4.82. The zero-order valence-corrected chi connectivity index (χ0v) is 47.5. The highest BCUT2D eigenvalue weighted by Gasteiger charge is 2.53. The van der Waals surface area contributed by atoms with Crippen molar-refractivity contribution in [1.29, 1.82) is 0 Å². The SMILES string of the molecule is CO[C@H]1O[C@H](COC(O[C@@H]2[C@@H](OCc3ccccc3)[C@@H]([C@@H](COCc3ccccc3)OCc3ccccc3)O[C@H]2Sc2ccc(C)cc2)C(C)I)[C@@H](OCc2ccccc2)[C@H](OCc2ccccc2)[C@@H]1OCc1ccccc1. The Bertz CT molecular complexity index is 2730. The maximum Gasteiger partial charge on any atom is 0.186 e. The van der Waals surface area contributed by atoms with Crippen LogP contribution in [0.15, 0.2) is 211 Å². The van der Waals surface area contributed by atoms with E-state index < -0.39 is 66.8 Å². The summed E-state index contributed by atoms with van der Waals surface area (Å²) in [6, 6.07) is 69.2. The van der Waals surface area contributed by atoms with Crippen molar-refractivity contribution in [2.45, 2.75) is 129 Å². The van der Waals surface area contributed by atoms with Gasteiger partial charge in [0.05, 0.1) is 56.8 Å². The summed E-state index contributed by atoms with van der Waals surface area (Å²) in [5.74, 6) is 0. The second kappa shape index (κ2) is 30.7. The zero-order valence-electron chi connectivity index (χ0n) is 44.5. The van der Waals surface area contributed by atoms with Gasteiger partial charge in [0, 0.05) is 12.0 Å². The van der Waals surface area contributed by atoms with Crippen molar-refractivity contribution in [1.82, 2.24) is 0 Å². The Morgan fingerprint density at radius 1 is 0.474 bits per heavy atom. The molecule has 0 N–H and O–H groups in total. The standard InChI is InChI=1S/C65H71IO11S/c1-46-34-36-54(37-35-46)78-65-62(60(72-42-52-30-18-8-19-31-52)58(77-65)55(69-39-49-24-12-5-13-25-49)44-68-38-48-22-10-4-11-23-48)76-63(47(2)66)74-45-56-57(70-40-50-26-14-6-15-27-50)59(71-41-51-28-16-7-17-29-51)61(64(67-3)75-56)73-43-53-32-20-9-21-33-53/h4-37,47,55-65H,38-45H2,1-3H3/t47?,55-,56-,57-,58-,59+,60+,61+,62-,63?,64+,65+/m1/s1. The van der Waals surface area contributed by atoms with Crippen LogP contribution in [0, 0.1) is 6.92 Å². The van der Waals surface area contributed by atoms with E-state index in [2.05, 4.69) is 97.1 Å². The lowest BCUT2D eigenvalue weighted by Gasteiger charge is -2.45. The first kappa shape index (κ1) is 57.9. The zero-order chi connectivity index (χ0) is 53.7. The van der Waals surface area contributed by atoms with Crippen LogP contribution in [0.5, 0.6) is 0 Å². The number of benzene rings is 7. The molecule has 0 aromatic heterocycles. The lowest BCUT2D eigenvalue weighted by atomic mass is 9.97. The van der Waals surface area contributed by atoms with Crippen molar-refractivity contribution in [3.63, 3.8) is 0 Å². The molecule has 78 heavy (non-hydrogen) atoms. The minimum absolute atomic E-state index is 0.0619. The highest BCUT2D eigenvalue weighted by Crippen LogP contribution is 2.41. The van der Waals surface area contributed by atoms with E-state index in [0.29, 0.717) is 39.6 Å². The van der Waals surface area contributed by atoms with Crippen LogP contribution in [0.4, 0.5) is 0 Å². The number of methoxy groups -OCH3 is 1. The van der Waals surface area contributed by atoms with Crippen LogP contribution >= 0.6 is 34.4 Å². The van der Waals surface area contributed by atoms with Crippen molar-refractivity contribution >= 4 is 34.4 Å². The molecule has 0 spiro atoms. The van der Waals surface area contributed by atoms with E-state index in [1.807, 2.05) is 146 Å². The van der Waals surface area contributed by atoms with Crippen LogP contribution in [0.3, 0.4) is 0 Å². The van der Waals surface area contributed by atoms with Crippen LogP contribution < -0.4 is 0 Å². The van der Waals surface area contributed by atoms with Gasteiger partial charge in [-0.05, 0) is 59.4 Å². The fourth-order valence-electron chi connectivity index (χ4n) is 9.47. The number of thioether (sulfide) groups is 1. The van der Waals surface area contributed by atoms with Crippen molar-refractivity contribution in [3.8, 4) is 0 Å². The number of aryl methyl sites for hydroxylation is 1. The van der Waals surface area contributed by atoms with E-state index in [0.717, 1.165) is 43.8 Å². The van der Waals surface area contributed by atoms with Crippen LogP contribution in [-0.4, -0.2) is 91.1 Å². The molecular weight excluding hydrogens is 1120 g/mol. The van der Waals surface area contributed by atoms with E-state index in [1.54, 1.807) is 18.9 Å². The van der Waals surface area contributed by atoms with Gasteiger partial charge in [0.1, 0.15) is 54.3 Å². The second-order valence-electron chi connectivity index (χ2n) is 19.5. The van der Waals surface area contributed by atoms with E-state index in [4.69, 9.17) is 52.1 Å². The highest BCUT2D eigenvalue weighted by molar-refractivity contribution is 14.1. The second-order valence-corrected chi connectivity index (χ2v) is 22.7. The van der Waals surface area contributed by atoms with Crippen LogP contribution in [0.1, 0.15) is 45.9 Å². The molecule has 11 nitrogen and oxygen atoms in total. The molecule has 7 aromatic rings. The Kier molecular flexibility index (Phi) is 22.8. The smallest absolute Gasteiger partial charge is 0.186 e. The summed E-state index contributed by atoms with van der Waals surface area (Å²) in [7, 11) is 1.63. The Morgan fingerprint density at radius 3 is 1.38 bits per heavy atom. The van der Waals surface area contributed by atoms with Crippen LogP contribution in [-0.2, 0) is 91.7 Å². The van der Waals surface area contributed by atoms with E-state index >= 15 is 0 Å². The number of rotatable bonds is 29. The fraction of sp³-hybridized carbons (Fsp3) is 0.354. The first-order valence-corrected chi connectivity index (χ1v) is 28.9. The summed E-state index contributed by atoms with van der Waals surface area (Å²) in [5, 5.41) is 0. The first-order valence-electron chi connectivity index (χ1n) is 26.7. The van der Waals surface area contributed by atoms with Gasteiger partial charge in [-0.3, -0.25) is 0 Å². The summed E-state index contributed by atoms with van der Waals surface area (Å²) in [6.45, 7) is 6.43. The molecule has 2 unspecified atom stereocenters. The van der Waals surface area contributed by atoms with Crippen molar-refractivity contribution in [3.05, 3.63) is 245 Å². The predicted octanol–water partition coefficient (Wildman–Crippen LogP) is 12.9. The molecule has 13 heteroatoms. The lowest BCUT2D eigenvalue weighted by molar-refractivity contribution is -0.328. The van der Waals surface area contributed by atoms with E-state index in [-0.39, 0.29) is 17.1 Å². The largest absolute Gasteiger partial charge is 0.374 e. The van der Waals surface area contributed by atoms with Crippen molar-refractivity contribution in [2.75, 3.05) is 20.3 Å². The van der Waals surface area contributed by atoms with Gasteiger partial charge in [0.2, 0.25) is 0 Å². The highest BCUT2D eigenvalue weighted by atomic mass is 127. The van der Waals surface area contributed by atoms with Crippen LogP contribution in [0.2, 0.25) is 0 Å². The van der Waals surface area contributed by atoms with Gasteiger partial charge in [-0.1, -0.05) is 234 Å². The molecule has 7 aromatic carbocycles. The third-order valence-electron chi connectivity index (χ3n) is 13.6. The number of hydrogen-bond acceptors (Lipinski definition) is 12. The Balaban J connectivity index is 1.02. The normalized spacial score (nSPS) is 23.4. The van der Waals surface area contributed by atoms with Gasteiger partial charge in [0.25, 0.3) is 0 Å². The molecule has 2 saturated heterocycles. The van der Waals surface area contributed by atoms with E-state index in [1.165, 1.54) is 0 Å². The maximum atomic E-state index is 7.37.